The minimum Gasteiger partial charge on any atom is -0.0801 e. The molecule has 1 atom stereocenters. The summed E-state index contributed by atoms with van der Waals surface area (Å²) in [5.41, 5.74) is 9.07. The molecule has 0 bridgehead atoms. The standard InChI is InChI=1S/C24H24/c1-2-11-18(12-3-1)23-21-14-7-6-13-20(21)22-16-8-15-19(24(22)23)17-9-4-5-10-17/h4,6-10,13-16,18,23H,1-3,5,11-12H2. The molecule has 24 heavy (non-hydrogen) atoms. The fraction of sp³-hybridized carbons (Fsp3) is 0.333. The number of benzene rings is 2. The highest BCUT2D eigenvalue weighted by Gasteiger charge is 2.36. The monoisotopic (exact) mass is 312 g/mol. The largest absolute Gasteiger partial charge is 0.0801 e. The molecule has 0 radical (unpaired) electrons. The molecule has 1 fully saturated rings. The molecule has 3 aliphatic rings. The highest BCUT2D eigenvalue weighted by Crippen LogP contribution is 2.53. The molecule has 1 unspecified atom stereocenters. The Bertz CT molecular complexity index is 831. The van der Waals surface area contributed by atoms with Gasteiger partial charge in [0.15, 0.2) is 0 Å². The SMILES string of the molecule is C1=CC(c2cccc3c2C(C2CCCCC2)c2ccccc2-3)=CC1. The van der Waals surface area contributed by atoms with Crippen LogP contribution in [0.15, 0.2) is 60.7 Å². The summed E-state index contributed by atoms with van der Waals surface area (Å²) < 4.78 is 0. The molecule has 0 aliphatic heterocycles. The van der Waals surface area contributed by atoms with Gasteiger partial charge in [0.25, 0.3) is 0 Å². The molecule has 0 aromatic heterocycles. The molecule has 0 nitrogen and oxygen atoms in total. The van der Waals surface area contributed by atoms with Gasteiger partial charge in [0.1, 0.15) is 0 Å². The van der Waals surface area contributed by atoms with Crippen LogP contribution in [-0.2, 0) is 0 Å². The van der Waals surface area contributed by atoms with E-state index in [0.717, 1.165) is 12.3 Å². The van der Waals surface area contributed by atoms with Crippen LogP contribution < -0.4 is 0 Å². The van der Waals surface area contributed by atoms with E-state index in [0.29, 0.717) is 5.92 Å². The van der Waals surface area contributed by atoms with Gasteiger partial charge in [0.2, 0.25) is 0 Å². The lowest BCUT2D eigenvalue weighted by Gasteiger charge is -2.30. The number of allylic oxidation sites excluding steroid dienone is 4. The molecular formula is C24H24. The zero-order chi connectivity index (χ0) is 15.9. The van der Waals surface area contributed by atoms with Crippen LogP contribution in [-0.4, -0.2) is 0 Å². The Morgan fingerprint density at radius 1 is 0.750 bits per heavy atom. The Labute approximate surface area is 144 Å². The van der Waals surface area contributed by atoms with Crippen LogP contribution in [0.5, 0.6) is 0 Å². The Kier molecular flexibility index (Phi) is 3.43. The summed E-state index contributed by atoms with van der Waals surface area (Å²) in [5.74, 6) is 1.41. The molecule has 1 saturated carbocycles. The van der Waals surface area contributed by atoms with E-state index in [1.54, 1.807) is 11.1 Å². The van der Waals surface area contributed by atoms with Crippen molar-refractivity contribution in [1.29, 1.82) is 0 Å². The Balaban J connectivity index is 1.72. The van der Waals surface area contributed by atoms with Crippen molar-refractivity contribution in [2.24, 2.45) is 5.92 Å². The quantitative estimate of drug-likeness (QED) is 0.577. The average Bonchev–Trinajstić information content (AvgIpc) is 3.28. The molecule has 0 heteroatoms. The first kappa shape index (κ1) is 14.3. The van der Waals surface area contributed by atoms with E-state index in [9.17, 15) is 0 Å². The van der Waals surface area contributed by atoms with Crippen LogP contribution in [0.2, 0.25) is 0 Å². The van der Waals surface area contributed by atoms with Crippen molar-refractivity contribution >= 4 is 5.57 Å². The molecule has 2 aromatic rings. The van der Waals surface area contributed by atoms with Gasteiger partial charge in [-0.1, -0.05) is 80.0 Å². The Morgan fingerprint density at radius 3 is 2.38 bits per heavy atom. The topological polar surface area (TPSA) is 0 Å². The van der Waals surface area contributed by atoms with E-state index < -0.39 is 0 Å². The van der Waals surface area contributed by atoms with Gasteiger partial charge in [-0.25, -0.2) is 0 Å². The van der Waals surface area contributed by atoms with E-state index in [-0.39, 0.29) is 0 Å². The number of fused-ring (bicyclic) bond motifs is 3. The van der Waals surface area contributed by atoms with Gasteiger partial charge in [-0.3, -0.25) is 0 Å². The summed E-state index contributed by atoms with van der Waals surface area (Å²) in [6.45, 7) is 0. The summed E-state index contributed by atoms with van der Waals surface area (Å²) in [4.78, 5) is 0. The summed E-state index contributed by atoms with van der Waals surface area (Å²) in [5, 5.41) is 0. The fourth-order valence-electron chi connectivity index (χ4n) is 5.17. The minimum atomic E-state index is 0.600. The van der Waals surface area contributed by atoms with Crippen LogP contribution in [0.3, 0.4) is 0 Å². The second-order valence-electron chi connectivity index (χ2n) is 7.53. The van der Waals surface area contributed by atoms with E-state index >= 15 is 0 Å². The molecule has 0 saturated heterocycles. The number of hydrogen-bond acceptors (Lipinski definition) is 0. The first-order valence-electron chi connectivity index (χ1n) is 9.53. The maximum absolute atomic E-state index is 2.39. The Morgan fingerprint density at radius 2 is 1.54 bits per heavy atom. The maximum atomic E-state index is 2.39. The predicted octanol–water partition coefficient (Wildman–Crippen LogP) is 6.72. The fourth-order valence-corrected chi connectivity index (χ4v) is 5.17. The number of rotatable bonds is 2. The van der Waals surface area contributed by atoms with Crippen LogP contribution in [0.1, 0.15) is 61.1 Å². The molecule has 2 aromatic carbocycles. The molecule has 0 N–H and O–H groups in total. The second kappa shape index (κ2) is 5.77. The lowest BCUT2D eigenvalue weighted by molar-refractivity contribution is 0.330. The third-order valence-corrected chi connectivity index (χ3v) is 6.21. The van der Waals surface area contributed by atoms with Gasteiger partial charge >= 0.3 is 0 Å². The van der Waals surface area contributed by atoms with E-state index in [4.69, 9.17) is 0 Å². The normalized spacial score (nSPS) is 22.3. The van der Waals surface area contributed by atoms with Crippen molar-refractivity contribution < 1.29 is 0 Å². The summed E-state index contributed by atoms with van der Waals surface area (Å²) >= 11 is 0. The third-order valence-electron chi connectivity index (χ3n) is 6.21. The lowest BCUT2D eigenvalue weighted by atomic mass is 9.74. The van der Waals surface area contributed by atoms with Crippen LogP contribution >= 0.6 is 0 Å². The zero-order valence-electron chi connectivity index (χ0n) is 14.2. The summed E-state index contributed by atoms with van der Waals surface area (Å²) in [6.07, 6.45) is 15.1. The molecule has 0 heterocycles. The van der Waals surface area contributed by atoms with Gasteiger partial charge < -0.3 is 0 Å². The van der Waals surface area contributed by atoms with Crippen molar-refractivity contribution in [3.8, 4) is 11.1 Å². The van der Waals surface area contributed by atoms with E-state index in [1.165, 1.54) is 54.4 Å². The zero-order valence-corrected chi connectivity index (χ0v) is 14.2. The van der Waals surface area contributed by atoms with Gasteiger partial charge in [-0.15, -0.1) is 0 Å². The number of hydrogen-bond donors (Lipinski definition) is 0. The van der Waals surface area contributed by atoms with Crippen LogP contribution in [0.4, 0.5) is 0 Å². The van der Waals surface area contributed by atoms with Gasteiger partial charge in [-0.05, 0) is 58.6 Å². The highest BCUT2D eigenvalue weighted by atomic mass is 14.4. The third kappa shape index (κ3) is 2.13. The predicted molar refractivity (Wildman–Crippen MR) is 102 cm³/mol. The van der Waals surface area contributed by atoms with Gasteiger partial charge in [0, 0.05) is 5.92 Å². The van der Waals surface area contributed by atoms with E-state index in [2.05, 4.69) is 60.7 Å². The first-order chi connectivity index (χ1) is 11.9. The maximum Gasteiger partial charge on any atom is 0.0136 e. The van der Waals surface area contributed by atoms with Crippen LogP contribution in [0, 0.1) is 5.92 Å². The molecule has 5 rings (SSSR count). The highest BCUT2D eigenvalue weighted by molar-refractivity contribution is 5.88. The van der Waals surface area contributed by atoms with E-state index in [1.807, 2.05) is 0 Å². The first-order valence-corrected chi connectivity index (χ1v) is 9.53. The minimum absolute atomic E-state index is 0.600. The van der Waals surface area contributed by atoms with Crippen molar-refractivity contribution in [2.45, 2.75) is 44.4 Å². The second-order valence-corrected chi connectivity index (χ2v) is 7.53. The molecular weight excluding hydrogens is 288 g/mol. The molecule has 3 aliphatic carbocycles. The van der Waals surface area contributed by atoms with Crippen LogP contribution in [0.25, 0.3) is 16.7 Å². The lowest BCUT2D eigenvalue weighted by Crippen LogP contribution is -2.16. The molecule has 120 valence electrons. The summed E-state index contributed by atoms with van der Waals surface area (Å²) in [6, 6.07) is 16.1. The summed E-state index contributed by atoms with van der Waals surface area (Å²) in [7, 11) is 0. The molecule has 0 spiro atoms. The van der Waals surface area contributed by atoms with Gasteiger partial charge in [0.05, 0.1) is 0 Å². The van der Waals surface area contributed by atoms with Crippen molar-refractivity contribution in [2.75, 3.05) is 0 Å². The molecule has 0 amide bonds. The smallest absolute Gasteiger partial charge is 0.0136 e. The van der Waals surface area contributed by atoms with Crippen molar-refractivity contribution in [1.82, 2.24) is 0 Å². The van der Waals surface area contributed by atoms with Crippen molar-refractivity contribution in [3.05, 3.63) is 77.4 Å². The Hall–Kier alpha value is -2.08. The average molecular weight is 312 g/mol. The van der Waals surface area contributed by atoms with Crippen molar-refractivity contribution in [3.63, 3.8) is 0 Å². The van der Waals surface area contributed by atoms with Gasteiger partial charge in [-0.2, -0.15) is 0 Å².